The predicted octanol–water partition coefficient (Wildman–Crippen LogP) is 1.10. The van der Waals surface area contributed by atoms with Gasteiger partial charge in [-0.25, -0.2) is 0 Å². The van der Waals surface area contributed by atoms with Crippen molar-refractivity contribution in [1.29, 1.82) is 5.26 Å². The van der Waals surface area contributed by atoms with Gasteiger partial charge in [0.25, 0.3) is 0 Å². The lowest BCUT2D eigenvalue weighted by Gasteiger charge is -2.23. The van der Waals surface area contributed by atoms with Gasteiger partial charge in [-0.05, 0) is 12.3 Å². The molecule has 5 nitrogen and oxygen atoms in total. The van der Waals surface area contributed by atoms with Crippen molar-refractivity contribution in [3.63, 3.8) is 0 Å². The molecule has 0 bridgehead atoms. The van der Waals surface area contributed by atoms with E-state index >= 15 is 0 Å². The third kappa shape index (κ3) is 2.26. The molecule has 1 rings (SSSR count). The van der Waals surface area contributed by atoms with E-state index in [2.05, 4.69) is 0 Å². The van der Waals surface area contributed by atoms with Crippen molar-refractivity contribution < 1.29 is 14.7 Å². The summed E-state index contributed by atoms with van der Waals surface area (Å²) >= 11 is 0. The highest BCUT2D eigenvalue weighted by Gasteiger charge is 2.66. The van der Waals surface area contributed by atoms with Crippen LogP contribution in [-0.2, 0) is 9.59 Å². The number of nitrogens with zero attached hydrogens (tertiary/aromatic N) is 2. The van der Waals surface area contributed by atoms with Gasteiger partial charge in [0, 0.05) is 13.1 Å². The molecule has 94 valence electrons. The molecule has 0 spiro atoms. The Morgan fingerprint density at radius 3 is 2.35 bits per heavy atom. The Balaban J connectivity index is 2.74. The van der Waals surface area contributed by atoms with E-state index in [-0.39, 0.29) is 18.4 Å². The third-order valence-electron chi connectivity index (χ3n) is 3.75. The normalized spacial score (nSPS) is 26.8. The molecule has 1 saturated carbocycles. The molecule has 0 radical (unpaired) electrons. The van der Waals surface area contributed by atoms with Crippen LogP contribution in [0.15, 0.2) is 0 Å². The van der Waals surface area contributed by atoms with Crippen LogP contribution in [0.3, 0.4) is 0 Å². The zero-order valence-electron chi connectivity index (χ0n) is 10.6. The second-order valence-electron chi connectivity index (χ2n) is 5.28. The first-order chi connectivity index (χ1) is 7.75. The number of amides is 1. The number of hydrogen-bond donors (Lipinski definition) is 1. The Labute approximate surface area is 101 Å². The quantitative estimate of drug-likeness (QED) is 0.795. The van der Waals surface area contributed by atoms with E-state index in [4.69, 9.17) is 10.4 Å². The Hall–Kier alpha value is -1.57. The minimum atomic E-state index is -0.922. The van der Waals surface area contributed by atoms with Gasteiger partial charge in [-0.2, -0.15) is 5.26 Å². The smallest absolute Gasteiger partial charge is 0.307 e. The zero-order chi connectivity index (χ0) is 13.4. The van der Waals surface area contributed by atoms with Gasteiger partial charge in [0.15, 0.2) is 0 Å². The minimum Gasteiger partial charge on any atom is -0.481 e. The van der Waals surface area contributed by atoms with E-state index in [0.717, 1.165) is 0 Å². The van der Waals surface area contributed by atoms with Crippen molar-refractivity contribution >= 4 is 11.9 Å². The fourth-order valence-corrected chi connectivity index (χ4v) is 2.27. The third-order valence-corrected chi connectivity index (χ3v) is 3.75. The zero-order valence-corrected chi connectivity index (χ0v) is 10.6. The summed E-state index contributed by atoms with van der Waals surface area (Å²) < 4.78 is 0. The van der Waals surface area contributed by atoms with Gasteiger partial charge in [0.05, 0.1) is 24.3 Å². The molecular formula is C12H18N2O3. The lowest BCUT2D eigenvalue weighted by Crippen LogP contribution is -2.37. The van der Waals surface area contributed by atoms with Gasteiger partial charge in [0.1, 0.15) is 0 Å². The summed E-state index contributed by atoms with van der Waals surface area (Å²) in [4.78, 5) is 24.6. The molecule has 5 heteroatoms. The monoisotopic (exact) mass is 238 g/mol. The molecule has 0 aromatic heterocycles. The van der Waals surface area contributed by atoms with Crippen LogP contribution in [0.2, 0.25) is 0 Å². The molecule has 1 fully saturated rings. The predicted molar refractivity (Wildman–Crippen MR) is 60.9 cm³/mol. The second-order valence-corrected chi connectivity index (χ2v) is 5.28. The molecule has 1 N–H and O–H groups in total. The summed E-state index contributed by atoms with van der Waals surface area (Å²) in [5, 5.41) is 17.6. The number of carbonyl (C=O) groups is 2. The Morgan fingerprint density at radius 2 is 2.00 bits per heavy atom. The van der Waals surface area contributed by atoms with Crippen molar-refractivity contribution in [2.75, 3.05) is 7.05 Å². The van der Waals surface area contributed by atoms with Crippen molar-refractivity contribution in [2.24, 2.45) is 17.3 Å². The van der Waals surface area contributed by atoms with E-state index in [0.29, 0.717) is 0 Å². The average molecular weight is 238 g/mol. The summed E-state index contributed by atoms with van der Waals surface area (Å²) in [6, 6.07) is 1.82. The molecule has 3 unspecified atom stereocenters. The number of rotatable bonds is 4. The van der Waals surface area contributed by atoms with Crippen LogP contribution < -0.4 is 0 Å². The molecule has 0 heterocycles. The number of carbonyl (C=O) groups excluding carboxylic acids is 1. The van der Waals surface area contributed by atoms with E-state index in [1.807, 2.05) is 6.07 Å². The lowest BCUT2D eigenvalue weighted by molar-refractivity contribution is -0.142. The number of hydrogen-bond acceptors (Lipinski definition) is 3. The molecule has 1 aliphatic rings. The summed E-state index contributed by atoms with van der Waals surface area (Å²) in [6.45, 7) is 5.36. The van der Waals surface area contributed by atoms with E-state index in [1.54, 1.807) is 27.8 Å². The van der Waals surface area contributed by atoms with E-state index in [1.165, 1.54) is 4.90 Å². The van der Waals surface area contributed by atoms with Crippen molar-refractivity contribution in [1.82, 2.24) is 4.90 Å². The summed E-state index contributed by atoms with van der Waals surface area (Å²) in [7, 11) is 1.62. The molecule has 17 heavy (non-hydrogen) atoms. The van der Waals surface area contributed by atoms with Gasteiger partial charge in [0.2, 0.25) is 5.91 Å². The molecule has 1 amide bonds. The van der Waals surface area contributed by atoms with E-state index < -0.39 is 23.2 Å². The summed E-state index contributed by atoms with van der Waals surface area (Å²) in [5.41, 5.74) is -0.483. The van der Waals surface area contributed by atoms with Crippen LogP contribution in [0.25, 0.3) is 0 Å². The van der Waals surface area contributed by atoms with Gasteiger partial charge in [-0.15, -0.1) is 0 Å². The maximum absolute atomic E-state index is 12.1. The molecule has 0 aromatic carbocycles. The first-order valence-corrected chi connectivity index (χ1v) is 5.61. The largest absolute Gasteiger partial charge is 0.481 e. The van der Waals surface area contributed by atoms with Crippen LogP contribution in [0.4, 0.5) is 0 Å². The maximum atomic E-state index is 12.1. The maximum Gasteiger partial charge on any atom is 0.307 e. The lowest BCUT2D eigenvalue weighted by atomic mass is 10.1. The molecule has 0 saturated heterocycles. The van der Waals surface area contributed by atoms with Crippen molar-refractivity contribution in [3.8, 4) is 6.07 Å². The van der Waals surface area contributed by atoms with Crippen molar-refractivity contribution in [3.05, 3.63) is 0 Å². The summed E-state index contributed by atoms with van der Waals surface area (Å²) in [6.07, 6.45) is 0.257. The Kier molecular flexibility index (Phi) is 3.46. The number of carboxylic acid groups (broad SMARTS) is 1. The van der Waals surface area contributed by atoms with Crippen LogP contribution in [0.5, 0.6) is 0 Å². The van der Waals surface area contributed by atoms with Crippen LogP contribution in [0, 0.1) is 28.6 Å². The molecule has 0 aromatic rings. The highest BCUT2D eigenvalue weighted by Crippen LogP contribution is 2.59. The fraction of sp³-hybridized carbons (Fsp3) is 0.750. The van der Waals surface area contributed by atoms with Gasteiger partial charge in [-0.1, -0.05) is 13.8 Å². The summed E-state index contributed by atoms with van der Waals surface area (Å²) in [5.74, 6) is -2.17. The number of aliphatic carboxylic acids is 1. The number of carboxylic acids is 1. The minimum absolute atomic E-state index is 0.176. The first kappa shape index (κ1) is 13.5. The standard InChI is InChI=1S/C12H18N2O3/c1-7(5-6-13)14(4)10(15)8-9(11(16)17)12(8,2)3/h7-9H,5H2,1-4H3,(H,16,17). The van der Waals surface area contributed by atoms with Gasteiger partial charge < -0.3 is 10.0 Å². The SMILES string of the molecule is CC(CC#N)N(C)C(=O)C1C(C(=O)O)C1(C)C. The van der Waals surface area contributed by atoms with Gasteiger partial charge >= 0.3 is 5.97 Å². The van der Waals surface area contributed by atoms with Crippen LogP contribution in [-0.4, -0.2) is 35.0 Å². The second kappa shape index (κ2) is 4.36. The fourth-order valence-electron chi connectivity index (χ4n) is 2.27. The van der Waals surface area contributed by atoms with E-state index in [9.17, 15) is 9.59 Å². The topological polar surface area (TPSA) is 81.4 Å². The highest BCUT2D eigenvalue weighted by atomic mass is 16.4. The highest BCUT2D eigenvalue weighted by molar-refractivity contribution is 5.91. The average Bonchev–Trinajstić information content (AvgIpc) is 2.80. The first-order valence-electron chi connectivity index (χ1n) is 5.61. The molecule has 1 aliphatic carbocycles. The molecule has 0 aliphatic heterocycles. The van der Waals surface area contributed by atoms with Gasteiger partial charge in [-0.3, -0.25) is 9.59 Å². The van der Waals surface area contributed by atoms with Crippen LogP contribution in [0.1, 0.15) is 27.2 Å². The molecule has 3 atom stereocenters. The Morgan fingerprint density at radius 1 is 1.47 bits per heavy atom. The Bertz CT molecular complexity index is 384. The van der Waals surface area contributed by atoms with Crippen molar-refractivity contribution in [2.45, 2.75) is 33.2 Å². The van der Waals surface area contributed by atoms with Crippen LogP contribution >= 0.6 is 0 Å². The molecular weight excluding hydrogens is 220 g/mol. The number of nitriles is 1.